The molecule has 0 bridgehead atoms. The Labute approximate surface area is 161 Å². The van der Waals surface area contributed by atoms with Gasteiger partial charge in [0.15, 0.2) is 0 Å². The molecule has 0 amide bonds. The van der Waals surface area contributed by atoms with Crippen LogP contribution < -0.4 is 5.32 Å². The molecule has 0 saturated carbocycles. The van der Waals surface area contributed by atoms with Crippen LogP contribution in [0.25, 0.3) is 21.9 Å². The number of allylic oxidation sites excluding steroid dienone is 1. The lowest BCUT2D eigenvalue weighted by atomic mass is 10.1. The molecule has 28 heavy (non-hydrogen) atoms. The highest BCUT2D eigenvalue weighted by molar-refractivity contribution is 6.02. The molecule has 6 nitrogen and oxygen atoms in total. The van der Waals surface area contributed by atoms with Gasteiger partial charge in [-0.1, -0.05) is 6.92 Å². The second-order valence-electron chi connectivity index (χ2n) is 6.62. The highest BCUT2D eigenvalue weighted by Crippen LogP contribution is 2.28. The number of pyridine rings is 1. The molecule has 8 heteroatoms. The number of nitrogens with one attached hydrogen (secondary N) is 2. The normalized spacial score (nSPS) is 12.3. The molecule has 3 aromatic rings. The molecule has 0 radical (unpaired) electrons. The Hall–Kier alpha value is -3.34. The number of halogens is 2. The third-order valence-electron chi connectivity index (χ3n) is 4.36. The highest BCUT2D eigenvalue weighted by atomic mass is 19.3. The molecule has 0 atom stereocenters. The first-order valence-corrected chi connectivity index (χ1v) is 8.85. The van der Waals surface area contributed by atoms with Crippen molar-refractivity contribution in [2.45, 2.75) is 39.3 Å². The van der Waals surface area contributed by atoms with Gasteiger partial charge in [0.2, 0.25) is 0 Å². The SMILES string of the molecule is CC/C(C=N)=C/NCc1nc2cnc3ccc(C#N)cc3c2n1CC(C)(F)F. The van der Waals surface area contributed by atoms with Crippen LogP contribution in [0.5, 0.6) is 0 Å². The molecule has 0 aliphatic carbocycles. The van der Waals surface area contributed by atoms with Crippen molar-refractivity contribution in [3.63, 3.8) is 0 Å². The van der Waals surface area contributed by atoms with Crippen molar-refractivity contribution >= 4 is 28.2 Å². The van der Waals surface area contributed by atoms with Crippen LogP contribution in [-0.4, -0.2) is 26.7 Å². The van der Waals surface area contributed by atoms with Gasteiger partial charge in [0.1, 0.15) is 11.3 Å². The van der Waals surface area contributed by atoms with Crippen LogP contribution in [0.3, 0.4) is 0 Å². The van der Waals surface area contributed by atoms with Gasteiger partial charge in [0.05, 0.1) is 42.0 Å². The average molecular weight is 382 g/mol. The van der Waals surface area contributed by atoms with Crippen molar-refractivity contribution in [1.29, 1.82) is 10.7 Å². The minimum atomic E-state index is -2.94. The van der Waals surface area contributed by atoms with Crippen LogP contribution >= 0.6 is 0 Å². The van der Waals surface area contributed by atoms with E-state index in [0.717, 1.165) is 12.5 Å². The zero-order valence-corrected chi connectivity index (χ0v) is 15.6. The van der Waals surface area contributed by atoms with Crippen molar-refractivity contribution in [1.82, 2.24) is 19.9 Å². The first kappa shape index (κ1) is 19.4. The zero-order valence-electron chi connectivity index (χ0n) is 15.6. The lowest BCUT2D eigenvalue weighted by molar-refractivity contribution is 0.00424. The summed E-state index contributed by atoms with van der Waals surface area (Å²) in [5.41, 5.74) is 2.86. The van der Waals surface area contributed by atoms with Gasteiger partial charge in [-0.3, -0.25) is 4.98 Å². The summed E-state index contributed by atoms with van der Waals surface area (Å²) in [6.45, 7) is 2.48. The predicted octanol–water partition coefficient (Wildman–Crippen LogP) is 4.14. The zero-order chi connectivity index (χ0) is 20.3. The molecule has 144 valence electrons. The van der Waals surface area contributed by atoms with E-state index in [2.05, 4.69) is 21.4 Å². The van der Waals surface area contributed by atoms with Gasteiger partial charge in [-0.25, -0.2) is 13.8 Å². The summed E-state index contributed by atoms with van der Waals surface area (Å²) >= 11 is 0. The standard InChI is InChI=1S/C20H20F2N6/c1-3-13(7-23)9-25-11-18-27-17-10-26-16-5-4-14(8-24)6-15(16)19(17)28(18)12-20(2,21)22/h4-7,9-10,23,25H,3,11-12H2,1-2H3/b13-9-,23-7?. The number of nitrogens with zero attached hydrogens (tertiary/aromatic N) is 4. The number of nitriles is 1. The Kier molecular flexibility index (Phi) is 5.36. The fourth-order valence-corrected chi connectivity index (χ4v) is 3.03. The van der Waals surface area contributed by atoms with Crippen LogP contribution in [0, 0.1) is 16.7 Å². The van der Waals surface area contributed by atoms with Gasteiger partial charge in [0.25, 0.3) is 5.92 Å². The quantitative estimate of drug-likeness (QED) is 0.601. The number of benzene rings is 1. The fraction of sp³-hybridized carbons (Fsp3) is 0.300. The molecule has 3 rings (SSSR count). The molecule has 2 heterocycles. The number of aromatic nitrogens is 3. The van der Waals surface area contributed by atoms with Gasteiger partial charge in [-0.15, -0.1) is 0 Å². The number of hydrogen-bond donors (Lipinski definition) is 2. The lowest BCUT2D eigenvalue weighted by Gasteiger charge is -2.15. The molecule has 0 saturated heterocycles. The molecule has 0 aliphatic rings. The number of imidazole rings is 1. The van der Waals surface area contributed by atoms with E-state index in [1.165, 1.54) is 10.8 Å². The van der Waals surface area contributed by atoms with E-state index in [-0.39, 0.29) is 6.54 Å². The van der Waals surface area contributed by atoms with Gasteiger partial charge >= 0.3 is 0 Å². The largest absolute Gasteiger partial charge is 0.383 e. The summed E-state index contributed by atoms with van der Waals surface area (Å²) in [4.78, 5) is 8.82. The van der Waals surface area contributed by atoms with Crippen molar-refractivity contribution < 1.29 is 8.78 Å². The molecule has 2 aromatic heterocycles. The Morgan fingerprint density at radius 1 is 1.39 bits per heavy atom. The third kappa shape index (κ3) is 3.98. The minimum absolute atomic E-state index is 0.224. The maximum absolute atomic E-state index is 13.9. The third-order valence-corrected chi connectivity index (χ3v) is 4.36. The predicted molar refractivity (Wildman–Crippen MR) is 104 cm³/mol. The van der Waals surface area contributed by atoms with Crippen LogP contribution in [0.2, 0.25) is 0 Å². The van der Waals surface area contributed by atoms with E-state index < -0.39 is 12.5 Å². The first-order valence-electron chi connectivity index (χ1n) is 8.85. The van der Waals surface area contributed by atoms with Gasteiger partial charge in [-0.2, -0.15) is 5.26 Å². The summed E-state index contributed by atoms with van der Waals surface area (Å²) in [6, 6.07) is 7.07. The molecule has 0 fully saturated rings. The molecule has 0 aliphatic heterocycles. The number of alkyl halides is 2. The first-order chi connectivity index (χ1) is 13.4. The van der Waals surface area contributed by atoms with Crippen molar-refractivity contribution in [3.8, 4) is 6.07 Å². The summed E-state index contributed by atoms with van der Waals surface area (Å²) in [5.74, 6) is -2.51. The van der Waals surface area contributed by atoms with Crippen LogP contribution in [0.1, 0.15) is 31.7 Å². The lowest BCUT2D eigenvalue weighted by Crippen LogP contribution is -2.22. The van der Waals surface area contributed by atoms with Gasteiger partial charge in [0, 0.05) is 24.7 Å². The second kappa shape index (κ2) is 7.72. The molecule has 1 aromatic carbocycles. The van der Waals surface area contributed by atoms with Crippen LogP contribution in [0.15, 0.2) is 36.2 Å². The van der Waals surface area contributed by atoms with E-state index in [0.29, 0.717) is 39.7 Å². The molecule has 0 spiro atoms. The molecular formula is C20H20F2N6. The summed E-state index contributed by atoms with van der Waals surface area (Å²) in [5, 5.41) is 20.2. The monoisotopic (exact) mass is 382 g/mol. The van der Waals surface area contributed by atoms with Crippen molar-refractivity contribution in [2.75, 3.05) is 0 Å². The van der Waals surface area contributed by atoms with Crippen molar-refractivity contribution in [3.05, 3.63) is 47.6 Å². The van der Waals surface area contributed by atoms with Crippen LogP contribution in [0.4, 0.5) is 8.78 Å². The summed E-state index contributed by atoms with van der Waals surface area (Å²) in [7, 11) is 0. The number of fused-ring (bicyclic) bond motifs is 3. The van der Waals surface area contributed by atoms with E-state index >= 15 is 0 Å². The van der Waals surface area contributed by atoms with Crippen molar-refractivity contribution in [2.24, 2.45) is 0 Å². The minimum Gasteiger partial charge on any atom is -0.383 e. The van der Waals surface area contributed by atoms with E-state index in [4.69, 9.17) is 5.41 Å². The highest BCUT2D eigenvalue weighted by Gasteiger charge is 2.26. The molecule has 2 N–H and O–H groups in total. The van der Waals surface area contributed by atoms with E-state index in [1.807, 2.05) is 6.92 Å². The average Bonchev–Trinajstić information content (AvgIpc) is 3.01. The maximum atomic E-state index is 13.9. The smallest absolute Gasteiger partial charge is 0.262 e. The Morgan fingerprint density at radius 2 is 2.18 bits per heavy atom. The maximum Gasteiger partial charge on any atom is 0.262 e. The topological polar surface area (TPSA) is 90.4 Å². The van der Waals surface area contributed by atoms with E-state index in [1.54, 1.807) is 30.6 Å². The summed E-state index contributed by atoms with van der Waals surface area (Å²) in [6.07, 6.45) is 5.18. The molecule has 0 unspecified atom stereocenters. The van der Waals surface area contributed by atoms with Gasteiger partial charge in [-0.05, 0) is 30.2 Å². The van der Waals surface area contributed by atoms with Crippen LogP contribution in [-0.2, 0) is 13.1 Å². The number of hydrogen-bond acceptors (Lipinski definition) is 5. The second-order valence-corrected chi connectivity index (χ2v) is 6.62. The van der Waals surface area contributed by atoms with E-state index in [9.17, 15) is 14.0 Å². The van der Waals surface area contributed by atoms with Gasteiger partial charge < -0.3 is 15.3 Å². The molecular weight excluding hydrogens is 362 g/mol. The Balaban J connectivity index is 2.16. The summed E-state index contributed by atoms with van der Waals surface area (Å²) < 4.78 is 29.3. The Morgan fingerprint density at radius 3 is 2.82 bits per heavy atom. The number of rotatable bonds is 7. The fourth-order valence-electron chi connectivity index (χ4n) is 3.03. The Bertz CT molecular complexity index is 1100.